The van der Waals surface area contributed by atoms with Gasteiger partial charge in [-0.2, -0.15) is 0 Å². The molecule has 1 aromatic carbocycles. The Kier molecular flexibility index (Phi) is 4.09. The number of nitrogens with zero attached hydrogens (tertiary/aromatic N) is 1. The molecular formula is C17H18N2O. The molecule has 2 aromatic rings. The molecule has 102 valence electrons. The van der Waals surface area contributed by atoms with Gasteiger partial charge < -0.3 is 10.1 Å². The number of rotatable bonds is 4. The third-order valence-corrected chi connectivity index (χ3v) is 3.40. The number of pyridine rings is 1. The van der Waals surface area contributed by atoms with E-state index in [-0.39, 0.29) is 0 Å². The Morgan fingerprint density at radius 2 is 2.00 bits per heavy atom. The zero-order valence-corrected chi connectivity index (χ0v) is 11.4. The Hall–Kier alpha value is -2.13. The van der Waals surface area contributed by atoms with Crippen molar-refractivity contribution in [1.29, 1.82) is 0 Å². The zero-order chi connectivity index (χ0) is 13.6. The number of ether oxygens (including phenoxy) is 1. The fraction of sp³-hybridized carbons (Fsp3) is 0.235. The van der Waals surface area contributed by atoms with E-state index in [0.717, 1.165) is 25.1 Å². The smallest absolute Gasteiger partial charge is 0.213 e. The van der Waals surface area contributed by atoms with E-state index < -0.39 is 0 Å². The Morgan fingerprint density at radius 1 is 1.10 bits per heavy atom. The second-order valence-corrected chi connectivity index (χ2v) is 4.84. The van der Waals surface area contributed by atoms with Crippen LogP contribution < -0.4 is 10.1 Å². The molecule has 3 nitrogen and oxygen atoms in total. The van der Waals surface area contributed by atoms with E-state index in [2.05, 4.69) is 22.4 Å². The van der Waals surface area contributed by atoms with E-state index in [0.29, 0.717) is 12.5 Å². The highest BCUT2D eigenvalue weighted by atomic mass is 16.5. The van der Waals surface area contributed by atoms with Gasteiger partial charge in [0.15, 0.2) is 0 Å². The van der Waals surface area contributed by atoms with Crippen LogP contribution in [0, 0.1) is 0 Å². The molecule has 0 amide bonds. The molecule has 1 aromatic heterocycles. The van der Waals surface area contributed by atoms with Crippen molar-refractivity contribution in [3.63, 3.8) is 0 Å². The van der Waals surface area contributed by atoms with E-state index in [9.17, 15) is 0 Å². The molecule has 1 aliphatic heterocycles. The van der Waals surface area contributed by atoms with Crippen molar-refractivity contribution in [1.82, 2.24) is 10.3 Å². The summed E-state index contributed by atoms with van der Waals surface area (Å²) in [6, 6.07) is 14.2. The summed E-state index contributed by atoms with van der Waals surface area (Å²) >= 11 is 0. The number of benzene rings is 1. The van der Waals surface area contributed by atoms with Gasteiger partial charge >= 0.3 is 0 Å². The Bertz CT molecular complexity index is 576. The summed E-state index contributed by atoms with van der Waals surface area (Å²) in [6.45, 7) is 2.54. The first-order valence-electron chi connectivity index (χ1n) is 6.95. The molecule has 3 rings (SSSR count). The fourth-order valence-corrected chi connectivity index (χ4v) is 2.27. The minimum absolute atomic E-state index is 0.555. The van der Waals surface area contributed by atoms with E-state index in [1.165, 1.54) is 11.1 Å². The highest BCUT2D eigenvalue weighted by Gasteiger charge is 2.06. The lowest BCUT2D eigenvalue weighted by atomic mass is 10.0. The molecule has 0 saturated carbocycles. The Labute approximate surface area is 119 Å². The summed E-state index contributed by atoms with van der Waals surface area (Å²) < 4.78 is 5.69. The lowest BCUT2D eigenvalue weighted by Crippen LogP contribution is -2.20. The highest BCUT2D eigenvalue weighted by molar-refractivity contribution is 5.66. The maximum Gasteiger partial charge on any atom is 0.213 e. The largest absolute Gasteiger partial charge is 0.473 e. The molecule has 0 aliphatic carbocycles. The maximum absolute atomic E-state index is 5.69. The molecule has 0 atom stereocenters. The topological polar surface area (TPSA) is 34.1 Å². The van der Waals surface area contributed by atoms with E-state index in [1.54, 1.807) is 0 Å². The van der Waals surface area contributed by atoms with Crippen LogP contribution >= 0.6 is 0 Å². The van der Waals surface area contributed by atoms with Crippen LogP contribution in [0.25, 0.3) is 5.57 Å². The Balaban J connectivity index is 1.63. The molecule has 0 radical (unpaired) electrons. The van der Waals surface area contributed by atoms with Crippen molar-refractivity contribution in [3.8, 4) is 5.88 Å². The van der Waals surface area contributed by atoms with Crippen LogP contribution in [0.2, 0.25) is 0 Å². The lowest BCUT2D eigenvalue weighted by molar-refractivity contribution is 0.294. The van der Waals surface area contributed by atoms with Crippen LogP contribution in [0.5, 0.6) is 5.88 Å². The van der Waals surface area contributed by atoms with Gasteiger partial charge in [-0.05, 0) is 35.7 Å². The van der Waals surface area contributed by atoms with Gasteiger partial charge in [-0.15, -0.1) is 0 Å². The summed E-state index contributed by atoms with van der Waals surface area (Å²) in [5.74, 6) is 0.673. The molecule has 0 fully saturated rings. The summed E-state index contributed by atoms with van der Waals surface area (Å²) in [5.41, 5.74) is 3.71. The summed E-state index contributed by atoms with van der Waals surface area (Å²) in [4.78, 5) is 4.39. The van der Waals surface area contributed by atoms with Crippen molar-refractivity contribution < 1.29 is 4.74 Å². The first-order valence-corrected chi connectivity index (χ1v) is 6.95. The standard InChI is InChI=1S/C17H18N2O/c1-2-4-14(5-3-1)13-20-17-7-6-16(12-19-17)15-8-10-18-11-9-15/h1-8,12,18H,9-11,13H2. The predicted molar refractivity (Wildman–Crippen MR) is 80.5 cm³/mol. The number of nitrogens with one attached hydrogen (secondary N) is 1. The van der Waals surface area contributed by atoms with Crippen molar-refractivity contribution in [2.75, 3.05) is 13.1 Å². The van der Waals surface area contributed by atoms with Gasteiger partial charge in [0.05, 0.1) is 0 Å². The number of aromatic nitrogens is 1. The SMILES string of the molecule is C1=C(c2ccc(OCc3ccccc3)nc2)CCNC1. The lowest BCUT2D eigenvalue weighted by Gasteiger charge is -2.14. The van der Waals surface area contributed by atoms with Gasteiger partial charge in [0, 0.05) is 18.8 Å². The molecular weight excluding hydrogens is 248 g/mol. The average Bonchev–Trinajstić information content (AvgIpc) is 2.55. The second kappa shape index (κ2) is 6.35. The Morgan fingerprint density at radius 3 is 2.70 bits per heavy atom. The van der Waals surface area contributed by atoms with Crippen LogP contribution in [-0.4, -0.2) is 18.1 Å². The molecule has 0 unspecified atom stereocenters. The van der Waals surface area contributed by atoms with Crippen LogP contribution in [0.15, 0.2) is 54.7 Å². The minimum Gasteiger partial charge on any atom is -0.473 e. The molecule has 0 spiro atoms. The van der Waals surface area contributed by atoms with Crippen molar-refractivity contribution in [2.45, 2.75) is 13.0 Å². The quantitative estimate of drug-likeness (QED) is 0.923. The van der Waals surface area contributed by atoms with Crippen LogP contribution in [0.3, 0.4) is 0 Å². The number of hydrogen-bond acceptors (Lipinski definition) is 3. The fourth-order valence-electron chi connectivity index (χ4n) is 2.27. The molecule has 2 heterocycles. The van der Waals surface area contributed by atoms with Crippen molar-refractivity contribution >= 4 is 5.57 Å². The van der Waals surface area contributed by atoms with Gasteiger partial charge in [0.25, 0.3) is 0 Å². The van der Waals surface area contributed by atoms with E-state index in [4.69, 9.17) is 4.74 Å². The summed E-state index contributed by atoms with van der Waals surface area (Å²) in [7, 11) is 0. The van der Waals surface area contributed by atoms with Gasteiger partial charge in [0.1, 0.15) is 6.61 Å². The number of hydrogen-bond donors (Lipinski definition) is 1. The van der Waals surface area contributed by atoms with E-state index >= 15 is 0 Å². The average molecular weight is 266 g/mol. The van der Waals surface area contributed by atoms with Crippen molar-refractivity contribution in [2.24, 2.45) is 0 Å². The molecule has 3 heteroatoms. The van der Waals surface area contributed by atoms with E-state index in [1.807, 2.05) is 42.6 Å². The van der Waals surface area contributed by atoms with Gasteiger partial charge in [-0.3, -0.25) is 0 Å². The highest BCUT2D eigenvalue weighted by Crippen LogP contribution is 2.20. The predicted octanol–water partition coefficient (Wildman–Crippen LogP) is 3.04. The first-order chi connectivity index (χ1) is 9.92. The molecule has 20 heavy (non-hydrogen) atoms. The molecule has 0 saturated heterocycles. The van der Waals surface area contributed by atoms with Gasteiger partial charge in [0.2, 0.25) is 5.88 Å². The second-order valence-electron chi connectivity index (χ2n) is 4.84. The third-order valence-electron chi connectivity index (χ3n) is 3.40. The summed E-state index contributed by atoms with van der Waals surface area (Å²) in [6.07, 6.45) is 5.19. The van der Waals surface area contributed by atoms with Crippen LogP contribution in [0.4, 0.5) is 0 Å². The van der Waals surface area contributed by atoms with Crippen LogP contribution in [-0.2, 0) is 6.61 Å². The van der Waals surface area contributed by atoms with Crippen LogP contribution in [0.1, 0.15) is 17.5 Å². The third kappa shape index (κ3) is 3.25. The van der Waals surface area contributed by atoms with Gasteiger partial charge in [-0.25, -0.2) is 4.98 Å². The summed E-state index contributed by atoms with van der Waals surface area (Å²) in [5, 5.41) is 3.31. The molecule has 1 N–H and O–H groups in total. The normalized spacial score (nSPS) is 14.7. The monoisotopic (exact) mass is 266 g/mol. The molecule has 0 bridgehead atoms. The zero-order valence-electron chi connectivity index (χ0n) is 11.4. The van der Waals surface area contributed by atoms with Crippen molar-refractivity contribution in [3.05, 3.63) is 65.9 Å². The molecule has 1 aliphatic rings. The first kappa shape index (κ1) is 12.9. The van der Waals surface area contributed by atoms with Gasteiger partial charge in [-0.1, -0.05) is 36.4 Å². The minimum atomic E-state index is 0.555. The maximum atomic E-state index is 5.69.